The minimum Gasteiger partial charge on any atom is -0.393 e. The van der Waals surface area contributed by atoms with Crippen molar-refractivity contribution in [1.82, 2.24) is 10.2 Å². The first-order valence-electron chi connectivity index (χ1n) is 5.01. The van der Waals surface area contributed by atoms with Crippen LogP contribution in [0.15, 0.2) is 0 Å². The fraction of sp³-hybridized carbons (Fsp3) is 0.556. The molecule has 1 amide bonds. The lowest BCUT2D eigenvalue weighted by Crippen LogP contribution is -2.32. The largest absolute Gasteiger partial charge is 0.393 e. The number of nitrogens with one attached hydrogen (secondary N) is 1. The quantitative estimate of drug-likeness (QED) is 0.779. The molecule has 0 aliphatic rings. The number of rotatable bonds is 5. The Morgan fingerprint density at radius 1 is 1.56 bits per heavy atom. The number of hydrogen-bond donors (Lipinski definition) is 2. The monoisotopic (exact) mass is 258 g/mol. The third-order valence-corrected chi connectivity index (χ3v) is 3.34. The zero-order chi connectivity index (χ0) is 12.1. The Hall–Kier alpha value is -1.08. The Morgan fingerprint density at radius 2 is 2.25 bits per heavy atom. The standard InChI is InChI=1S/C9H14N4OS2/c1-3-5(7(10)15)8(14)11-9-13-12-6(4-2)16-9/h5H,3-4H2,1-2H3,(H2,10,15)(H,11,13,14). The first-order chi connectivity index (χ1) is 7.58. The van der Waals surface area contributed by atoms with Crippen LogP contribution in [0.3, 0.4) is 0 Å². The van der Waals surface area contributed by atoms with Gasteiger partial charge in [-0.1, -0.05) is 37.4 Å². The van der Waals surface area contributed by atoms with Crippen LogP contribution in [0.4, 0.5) is 5.13 Å². The molecule has 7 heteroatoms. The van der Waals surface area contributed by atoms with E-state index in [1.807, 2.05) is 13.8 Å². The fourth-order valence-electron chi connectivity index (χ4n) is 1.16. The predicted molar refractivity (Wildman–Crippen MR) is 68.5 cm³/mol. The molecule has 1 atom stereocenters. The van der Waals surface area contributed by atoms with Gasteiger partial charge in [0, 0.05) is 0 Å². The van der Waals surface area contributed by atoms with Crippen LogP contribution in [0.25, 0.3) is 0 Å². The van der Waals surface area contributed by atoms with Crippen molar-refractivity contribution in [2.24, 2.45) is 11.7 Å². The summed E-state index contributed by atoms with van der Waals surface area (Å²) in [6.45, 7) is 3.84. The topological polar surface area (TPSA) is 80.9 Å². The minimum absolute atomic E-state index is 0.209. The summed E-state index contributed by atoms with van der Waals surface area (Å²) in [5, 5.41) is 11.8. The van der Waals surface area contributed by atoms with Gasteiger partial charge in [0.25, 0.3) is 0 Å². The van der Waals surface area contributed by atoms with E-state index in [1.165, 1.54) is 11.3 Å². The SMILES string of the molecule is CCc1nnc(NC(=O)C(CC)C(N)=S)s1. The zero-order valence-electron chi connectivity index (χ0n) is 9.19. The molecule has 0 saturated carbocycles. The number of aromatic nitrogens is 2. The number of nitrogens with zero attached hydrogens (tertiary/aromatic N) is 2. The van der Waals surface area contributed by atoms with Crippen LogP contribution in [0.1, 0.15) is 25.3 Å². The van der Waals surface area contributed by atoms with E-state index >= 15 is 0 Å². The first kappa shape index (κ1) is 13.0. The van der Waals surface area contributed by atoms with Gasteiger partial charge in [-0.15, -0.1) is 10.2 Å². The molecule has 0 bridgehead atoms. The Balaban J connectivity index is 2.66. The molecule has 1 aromatic rings. The van der Waals surface area contributed by atoms with Gasteiger partial charge in [-0.3, -0.25) is 10.1 Å². The maximum absolute atomic E-state index is 11.7. The van der Waals surface area contributed by atoms with E-state index in [0.29, 0.717) is 11.6 Å². The molecule has 1 rings (SSSR count). The van der Waals surface area contributed by atoms with Gasteiger partial charge in [0.05, 0.1) is 10.9 Å². The average molecular weight is 258 g/mol. The smallest absolute Gasteiger partial charge is 0.236 e. The van der Waals surface area contributed by atoms with Crippen LogP contribution >= 0.6 is 23.6 Å². The predicted octanol–water partition coefficient (Wildman–Crippen LogP) is 1.35. The number of anilines is 1. The van der Waals surface area contributed by atoms with E-state index in [1.54, 1.807) is 0 Å². The highest BCUT2D eigenvalue weighted by atomic mass is 32.1. The highest BCUT2D eigenvalue weighted by Gasteiger charge is 2.20. The molecule has 88 valence electrons. The van der Waals surface area contributed by atoms with E-state index in [0.717, 1.165) is 11.4 Å². The third kappa shape index (κ3) is 3.21. The Kier molecular flexibility index (Phi) is 4.75. The van der Waals surface area contributed by atoms with E-state index < -0.39 is 5.92 Å². The molecule has 0 saturated heterocycles. The number of nitrogens with two attached hydrogens (primary N) is 1. The highest BCUT2D eigenvalue weighted by Crippen LogP contribution is 2.17. The van der Waals surface area contributed by atoms with Crippen molar-refractivity contribution < 1.29 is 4.79 Å². The number of hydrogen-bond acceptors (Lipinski definition) is 5. The second-order valence-electron chi connectivity index (χ2n) is 3.21. The van der Waals surface area contributed by atoms with Gasteiger partial charge in [0.2, 0.25) is 11.0 Å². The molecule has 5 nitrogen and oxygen atoms in total. The number of amides is 1. The second kappa shape index (κ2) is 5.86. The Bertz CT molecular complexity index is 391. The van der Waals surface area contributed by atoms with Crippen molar-refractivity contribution >= 4 is 39.6 Å². The van der Waals surface area contributed by atoms with Crippen LogP contribution in [-0.4, -0.2) is 21.1 Å². The molecule has 0 fully saturated rings. The Labute approximate surface area is 103 Å². The van der Waals surface area contributed by atoms with Crippen LogP contribution in [-0.2, 0) is 11.2 Å². The van der Waals surface area contributed by atoms with E-state index in [2.05, 4.69) is 15.5 Å². The average Bonchev–Trinajstić information content (AvgIpc) is 2.65. The van der Waals surface area contributed by atoms with Crippen molar-refractivity contribution in [1.29, 1.82) is 0 Å². The fourth-order valence-corrected chi connectivity index (χ4v) is 2.11. The molecule has 0 aliphatic heterocycles. The van der Waals surface area contributed by atoms with Crippen molar-refractivity contribution in [2.75, 3.05) is 5.32 Å². The highest BCUT2D eigenvalue weighted by molar-refractivity contribution is 7.80. The summed E-state index contributed by atoms with van der Waals surface area (Å²) in [5.74, 6) is -0.655. The first-order valence-corrected chi connectivity index (χ1v) is 6.23. The maximum Gasteiger partial charge on any atom is 0.236 e. The van der Waals surface area contributed by atoms with Crippen molar-refractivity contribution in [3.63, 3.8) is 0 Å². The molecule has 1 aromatic heterocycles. The molecule has 16 heavy (non-hydrogen) atoms. The van der Waals surface area contributed by atoms with E-state index in [9.17, 15) is 4.79 Å². The summed E-state index contributed by atoms with van der Waals surface area (Å²) in [7, 11) is 0. The van der Waals surface area contributed by atoms with Gasteiger partial charge in [-0.25, -0.2) is 0 Å². The maximum atomic E-state index is 11.7. The molecule has 3 N–H and O–H groups in total. The van der Waals surface area contributed by atoms with Crippen LogP contribution in [0.2, 0.25) is 0 Å². The Morgan fingerprint density at radius 3 is 2.69 bits per heavy atom. The number of aryl methyl sites for hydroxylation is 1. The van der Waals surface area contributed by atoms with Gasteiger partial charge >= 0.3 is 0 Å². The number of carbonyl (C=O) groups is 1. The van der Waals surface area contributed by atoms with E-state index in [-0.39, 0.29) is 10.9 Å². The van der Waals surface area contributed by atoms with Crippen molar-refractivity contribution in [3.05, 3.63) is 5.01 Å². The summed E-state index contributed by atoms with van der Waals surface area (Å²) in [6.07, 6.45) is 1.39. The molecule has 0 aromatic carbocycles. The lowest BCUT2D eigenvalue weighted by Gasteiger charge is -2.10. The van der Waals surface area contributed by atoms with Gasteiger partial charge < -0.3 is 5.73 Å². The third-order valence-electron chi connectivity index (χ3n) is 2.07. The molecular formula is C9H14N4OS2. The zero-order valence-corrected chi connectivity index (χ0v) is 10.8. The summed E-state index contributed by atoms with van der Waals surface area (Å²) >= 11 is 6.18. The number of thiocarbonyl (C=S) groups is 1. The van der Waals surface area contributed by atoms with Gasteiger partial charge in [-0.2, -0.15) is 0 Å². The van der Waals surface area contributed by atoms with Crippen molar-refractivity contribution in [2.45, 2.75) is 26.7 Å². The van der Waals surface area contributed by atoms with E-state index in [4.69, 9.17) is 18.0 Å². The van der Waals surface area contributed by atoms with Gasteiger partial charge in [0.1, 0.15) is 5.01 Å². The molecule has 0 spiro atoms. The molecule has 0 radical (unpaired) electrons. The van der Waals surface area contributed by atoms with Crippen LogP contribution < -0.4 is 11.1 Å². The molecule has 1 heterocycles. The molecule has 1 unspecified atom stereocenters. The van der Waals surface area contributed by atoms with Gasteiger partial charge in [-0.05, 0) is 12.8 Å². The van der Waals surface area contributed by atoms with Crippen molar-refractivity contribution in [3.8, 4) is 0 Å². The van der Waals surface area contributed by atoms with Crippen LogP contribution in [0.5, 0.6) is 0 Å². The lowest BCUT2D eigenvalue weighted by atomic mass is 10.1. The van der Waals surface area contributed by atoms with Crippen LogP contribution in [0, 0.1) is 5.92 Å². The summed E-state index contributed by atoms with van der Waals surface area (Å²) in [5.41, 5.74) is 5.47. The molecule has 0 aliphatic carbocycles. The summed E-state index contributed by atoms with van der Waals surface area (Å²) in [4.78, 5) is 12.0. The number of carbonyl (C=O) groups excluding carboxylic acids is 1. The summed E-state index contributed by atoms with van der Waals surface area (Å²) < 4.78 is 0. The second-order valence-corrected chi connectivity index (χ2v) is 4.74. The normalized spacial score (nSPS) is 12.1. The van der Waals surface area contributed by atoms with Gasteiger partial charge in [0.15, 0.2) is 0 Å². The summed E-state index contributed by atoms with van der Waals surface area (Å²) in [6, 6.07) is 0. The lowest BCUT2D eigenvalue weighted by molar-refractivity contribution is -0.118. The minimum atomic E-state index is -0.441. The molecular weight excluding hydrogens is 244 g/mol.